The van der Waals surface area contributed by atoms with Gasteiger partial charge in [0.2, 0.25) is 0 Å². The van der Waals surface area contributed by atoms with Gasteiger partial charge in [-0.25, -0.2) is 0 Å². The Morgan fingerprint density at radius 3 is 1.70 bits per heavy atom. The van der Waals surface area contributed by atoms with Gasteiger partial charge < -0.3 is 14.2 Å². The van der Waals surface area contributed by atoms with Gasteiger partial charge in [-0.1, -0.05) is 50.1 Å². The van der Waals surface area contributed by atoms with E-state index >= 15 is 0 Å². The Labute approximate surface area is 144 Å². The van der Waals surface area contributed by atoms with E-state index in [1.54, 1.807) is 0 Å². The first-order chi connectivity index (χ1) is 11.3. The van der Waals surface area contributed by atoms with Crippen molar-refractivity contribution >= 4 is 11.6 Å². The lowest BCUT2D eigenvalue weighted by Gasteiger charge is -2.31. The van der Waals surface area contributed by atoms with E-state index in [-0.39, 0.29) is 12.2 Å². The van der Waals surface area contributed by atoms with Gasteiger partial charge in [0.1, 0.15) is 5.75 Å². The summed E-state index contributed by atoms with van der Waals surface area (Å²) in [6, 6.07) is 7.39. The van der Waals surface area contributed by atoms with Crippen LogP contribution in [0.4, 0.5) is 0 Å². The second-order valence-electron chi connectivity index (χ2n) is 6.65. The minimum absolute atomic E-state index is 0.254. The Balaban J connectivity index is 1.60. The molecule has 4 heteroatoms. The van der Waals surface area contributed by atoms with Gasteiger partial charge in [0, 0.05) is 5.02 Å². The first-order valence-corrected chi connectivity index (χ1v) is 9.40. The fraction of sp³-hybridized carbons (Fsp3) is 0.684. The van der Waals surface area contributed by atoms with E-state index < -0.39 is 6.48 Å². The lowest BCUT2D eigenvalue weighted by molar-refractivity contribution is -0.289. The molecule has 0 aromatic heterocycles. The standard InChI is InChI=1S/C19H27ClO3/c20-15-11-13-18(14-12-15)23-19(21-16-7-3-1-4-8-16)22-17-9-5-2-6-10-17/h11-14,16-17,19H,1-10H2. The van der Waals surface area contributed by atoms with Crippen molar-refractivity contribution < 1.29 is 14.2 Å². The highest BCUT2D eigenvalue weighted by molar-refractivity contribution is 6.30. The van der Waals surface area contributed by atoms with Gasteiger partial charge in [0.05, 0.1) is 12.2 Å². The number of halogens is 1. The Bertz CT molecular complexity index is 430. The molecule has 1 aromatic rings. The topological polar surface area (TPSA) is 27.7 Å². The lowest BCUT2D eigenvalue weighted by Crippen LogP contribution is -2.35. The zero-order chi connectivity index (χ0) is 15.9. The van der Waals surface area contributed by atoms with Crippen LogP contribution in [0.1, 0.15) is 64.2 Å². The van der Waals surface area contributed by atoms with Crippen molar-refractivity contribution in [1.82, 2.24) is 0 Å². The number of rotatable bonds is 6. The largest absolute Gasteiger partial charge is 0.441 e. The fourth-order valence-corrected chi connectivity index (χ4v) is 3.55. The third-order valence-corrected chi connectivity index (χ3v) is 5.01. The third-order valence-electron chi connectivity index (χ3n) is 4.76. The summed E-state index contributed by atoms with van der Waals surface area (Å²) in [6.45, 7) is -0.609. The van der Waals surface area contributed by atoms with E-state index in [2.05, 4.69) is 0 Å². The Morgan fingerprint density at radius 1 is 0.739 bits per heavy atom. The van der Waals surface area contributed by atoms with E-state index in [1.165, 1.54) is 38.5 Å². The molecule has 0 atom stereocenters. The summed E-state index contributed by atoms with van der Waals surface area (Å²) in [5.74, 6) is 0.742. The normalized spacial score (nSPS) is 20.8. The van der Waals surface area contributed by atoms with Crippen molar-refractivity contribution in [3.05, 3.63) is 29.3 Å². The molecule has 0 heterocycles. The number of ether oxygens (including phenoxy) is 3. The van der Waals surface area contributed by atoms with Crippen LogP contribution in [0.2, 0.25) is 5.02 Å². The molecule has 1 aromatic carbocycles. The van der Waals surface area contributed by atoms with Crippen LogP contribution < -0.4 is 4.74 Å². The smallest absolute Gasteiger partial charge is 0.316 e. The van der Waals surface area contributed by atoms with Gasteiger partial charge in [-0.05, 0) is 49.9 Å². The average Bonchev–Trinajstić information content (AvgIpc) is 2.59. The quantitative estimate of drug-likeness (QED) is 0.622. The van der Waals surface area contributed by atoms with Gasteiger partial charge in [0.15, 0.2) is 0 Å². The van der Waals surface area contributed by atoms with Crippen LogP contribution in [0.25, 0.3) is 0 Å². The van der Waals surface area contributed by atoms with Crippen molar-refractivity contribution in [3.63, 3.8) is 0 Å². The molecule has 23 heavy (non-hydrogen) atoms. The summed E-state index contributed by atoms with van der Waals surface area (Å²) < 4.78 is 18.3. The maximum Gasteiger partial charge on any atom is 0.316 e. The summed E-state index contributed by atoms with van der Waals surface area (Å²) >= 11 is 5.94. The van der Waals surface area contributed by atoms with Crippen LogP contribution in [0, 0.1) is 0 Å². The molecule has 2 fully saturated rings. The van der Waals surface area contributed by atoms with Crippen LogP contribution >= 0.6 is 11.6 Å². The van der Waals surface area contributed by atoms with Crippen molar-refractivity contribution in [1.29, 1.82) is 0 Å². The summed E-state index contributed by atoms with van der Waals surface area (Å²) in [5.41, 5.74) is 0. The summed E-state index contributed by atoms with van der Waals surface area (Å²) in [7, 11) is 0. The highest BCUT2D eigenvalue weighted by atomic mass is 35.5. The molecule has 3 nitrogen and oxygen atoms in total. The van der Waals surface area contributed by atoms with E-state index in [0.29, 0.717) is 5.02 Å². The summed E-state index contributed by atoms with van der Waals surface area (Å²) in [6.07, 6.45) is 12.5. The molecular weight excluding hydrogens is 312 g/mol. The minimum atomic E-state index is -0.609. The first kappa shape index (κ1) is 17.1. The zero-order valence-corrected chi connectivity index (χ0v) is 14.5. The van der Waals surface area contributed by atoms with Gasteiger partial charge in [-0.3, -0.25) is 0 Å². The number of benzene rings is 1. The molecule has 2 aliphatic carbocycles. The number of hydrogen-bond donors (Lipinski definition) is 0. The highest BCUT2D eigenvalue weighted by Crippen LogP contribution is 2.27. The molecular formula is C19H27ClO3. The molecule has 0 amide bonds. The van der Waals surface area contributed by atoms with E-state index in [4.69, 9.17) is 25.8 Å². The molecule has 2 saturated carbocycles. The van der Waals surface area contributed by atoms with Gasteiger partial charge in [-0.2, -0.15) is 0 Å². The molecule has 2 aliphatic rings. The zero-order valence-electron chi connectivity index (χ0n) is 13.7. The van der Waals surface area contributed by atoms with E-state index in [0.717, 1.165) is 31.4 Å². The molecule has 0 spiro atoms. The molecule has 3 rings (SSSR count). The van der Waals surface area contributed by atoms with Crippen LogP contribution in [-0.4, -0.2) is 18.7 Å². The van der Waals surface area contributed by atoms with Crippen LogP contribution in [0.15, 0.2) is 24.3 Å². The third kappa shape index (κ3) is 5.66. The van der Waals surface area contributed by atoms with Gasteiger partial charge >= 0.3 is 6.48 Å². The maximum absolute atomic E-state index is 6.15. The summed E-state index contributed by atoms with van der Waals surface area (Å²) in [4.78, 5) is 0. The number of hydrogen-bond acceptors (Lipinski definition) is 3. The molecule has 128 valence electrons. The second kappa shape index (κ2) is 8.91. The Kier molecular flexibility index (Phi) is 6.61. The predicted molar refractivity (Wildman–Crippen MR) is 91.8 cm³/mol. The van der Waals surface area contributed by atoms with E-state index in [9.17, 15) is 0 Å². The van der Waals surface area contributed by atoms with Crippen molar-refractivity contribution in [2.24, 2.45) is 0 Å². The molecule has 0 radical (unpaired) electrons. The average molecular weight is 339 g/mol. The van der Waals surface area contributed by atoms with Gasteiger partial charge in [-0.15, -0.1) is 0 Å². The van der Waals surface area contributed by atoms with Crippen LogP contribution in [-0.2, 0) is 9.47 Å². The molecule has 0 aliphatic heterocycles. The SMILES string of the molecule is Clc1ccc(OC(OC2CCCCC2)OC2CCCCC2)cc1. The highest BCUT2D eigenvalue weighted by Gasteiger charge is 2.25. The van der Waals surface area contributed by atoms with Crippen LogP contribution in [0.5, 0.6) is 5.75 Å². The lowest BCUT2D eigenvalue weighted by atomic mass is 9.97. The van der Waals surface area contributed by atoms with Crippen molar-refractivity contribution in [2.75, 3.05) is 0 Å². The van der Waals surface area contributed by atoms with Crippen molar-refractivity contribution in [3.8, 4) is 5.75 Å². The Hall–Kier alpha value is -0.770. The molecule has 0 unspecified atom stereocenters. The van der Waals surface area contributed by atoms with Crippen molar-refractivity contribution in [2.45, 2.75) is 82.9 Å². The Morgan fingerprint density at radius 2 is 1.22 bits per heavy atom. The molecule has 0 N–H and O–H groups in total. The fourth-order valence-electron chi connectivity index (χ4n) is 3.43. The van der Waals surface area contributed by atoms with E-state index in [1.807, 2.05) is 24.3 Å². The minimum Gasteiger partial charge on any atom is -0.441 e. The molecule has 0 saturated heterocycles. The van der Waals surface area contributed by atoms with Crippen LogP contribution in [0.3, 0.4) is 0 Å². The first-order valence-electron chi connectivity index (χ1n) is 9.03. The monoisotopic (exact) mass is 338 g/mol. The molecule has 0 bridgehead atoms. The second-order valence-corrected chi connectivity index (χ2v) is 7.09. The maximum atomic E-state index is 6.15. The van der Waals surface area contributed by atoms with Gasteiger partial charge in [0.25, 0.3) is 0 Å². The summed E-state index contributed by atoms with van der Waals surface area (Å²) in [5, 5.41) is 0.704. The predicted octanol–water partition coefficient (Wildman–Crippen LogP) is 5.70.